The number of likely N-dealkylation sites (N-methyl/N-ethyl adjacent to an activating group) is 1. The Morgan fingerprint density at radius 1 is 1.11 bits per heavy atom. The van der Waals surface area contributed by atoms with Crippen LogP contribution >= 0.6 is 0 Å². The molecular formula is C24H25F3N2O6. The summed E-state index contributed by atoms with van der Waals surface area (Å²) in [6.45, 7) is 1.31. The molecule has 188 valence electrons. The van der Waals surface area contributed by atoms with E-state index < -0.39 is 29.8 Å². The van der Waals surface area contributed by atoms with Gasteiger partial charge < -0.3 is 24.3 Å². The van der Waals surface area contributed by atoms with Gasteiger partial charge >= 0.3 is 18.2 Å². The van der Waals surface area contributed by atoms with Gasteiger partial charge in [-0.1, -0.05) is 18.2 Å². The molecule has 8 nitrogen and oxygen atoms in total. The molecule has 1 aliphatic rings. The number of carbonyl (C=O) groups excluding carboxylic acids is 2. The number of amides is 2. The van der Waals surface area contributed by atoms with Gasteiger partial charge in [-0.2, -0.15) is 13.2 Å². The van der Waals surface area contributed by atoms with Crippen LogP contribution in [0.15, 0.2) is 53.7 Å². The van der Waals surface area contributed by atoms with E-state index in [9.17, 15) is 22.8 Å². The number of methoxy groups -OCH3 is 2. The first-order valence-electron chi connectivity index (χ1n) is 10.6. The molecule has 35 heavy (non-hydrogen) atoms. The summed E-state index contributed by atoms with van der Waals surface area (Å²) in [6.07, 6.45) is -4.55. The number of rotatable bonds is 8. The Kier molecular flexibility index (Phi) is 7.78. The van der Waals surface area contributed by atoms with E-state index in [1.165, 1.54) is 33.4 Å². The molecule has 1 N–H and O–H groups in total. The van der Waals surface area contributed by atoms with E-state index in [0.29, 0.717) is 17.1 Å². The average molecular weight is 494 g/mol. The minimum atomic E-state index is -4.55. The summed E-state index contributed by atoms with van der Waals surface area (Å²) in [4.78, 5) is 27.0. The first kappa shape index (κ1) is 25.7. The van der Waals surface area contributed by atoms with Crippen molar-refractivity contribution in [1.29, 1.82) is 0 Å². The second-order valence-electron chi connectivity index (χ2n) is 7.42. The third-order valence-corrected chi connectivity index (χ3v) is 5.35. The molecule has 2 amide bonds. The van der Waals surface area contributed by atoms with Crippen molar-refractivity contribution in [3.63, 3.8) is 0 Å². The van der Waals surface area contributed by atoms with Crippen LogP contribution in [0.2, 0.25) is 0 Å². The Balaban J connectivity index is 2.09. The van der Waals surface area contributed by atoms with Crippen LogP contribution in [0.25, 0.3) is 0 Å². The summed E-state index contributed by atoms with van der Waals surface area (Å²) < 4.78 is 60.9. The maximum atomic E-state index is 13.1. The molecule has 0 radical (unpaired) electrons. The lowest BCUT2D eigenvalue weighted by atomic mass is 9.93. The van der Waals surface area contributed by atoms with Gasteiger partial charge in [-0.3, -0.25) is 4.90 Å². The highest BCUT2D eigenvalue weighted by atomic mass is 19.4. The first-order chi connectivity index (χ1) is 16.6. The zero-order chi connectivity index (χ0) is 25.8. The van der Waals surface area contributed by atoms with E-state index in [-0.39, 0.29) is 30.2 Å². The van der Waals surface area contributed by atoms with Crippen molar-refractivity contribution in [2.45, 2.75) is 19.1 Å². The van der Waals surface area contributed by atoms with Crippen molar-refractivity contribution in [1.82, 2.24) is 10.2 Å². The van der Waals surface area contributed by atoms with Gasteiger partial charge in [-0.15, -0.1) is 0 Å². The van der Waals surface area contributed by atoms with Crippen LogP contribution < -0.4 is 19.5 Å². The Morgan fingerprint density at radius 3 is 2.46 bits per heavy atom. The molecule has 0 aliphatic carbocycles. The minimum Gasteiger partial charge on any atom is -0.493 e. The van der Waals surface area contributed by atoms with Crippen LogP contribution in [0, 0.1) is 0 Å². The summed E-state index contributed by atoms with van der Waals surface area (Å²) in [5, 5.41) is 2.74. The second kappa shape index (κ2) is 10.6. The number of alkyl halides is 3. The minimum absolute atomic E-state index is 0.0486. The van der Waals surface area contributed by atoms with Crippen LogP contribution in [0.4, 0.5) is 18.0 Å². The SMILES string of the molecule is CCOC(=O)C1=C(COc2cccc(C(F)(F)F)c2)N(C)C(=O)N[C@@H]1c1cccc(OC)c1OC. The number of urea groups is 1. The molecule has 0 spiro atoms. The maximum Gasteiger partial charge on any atom is 0.416 e. The predicted octanol–water partition coefficient (Wildman–Crippen LogP) is 4.31. The lowest BCUT2D eigenvalue weighted by molar-refractivity contribution is -0.139. The maximum absolute atomic E-state index is 13.1. The number of ether oxygens (including phenoxy) is 4. The molecule has 1 atom stereocenters. The number of nitrogens with one attached hydrogen (secondary N) is 1. The average Bonchev–Trinajstić information content (AvgIpc) is 2.83. The zero-order valence-corrected chi connectivity index (χ0v) is 19.6. The summed E-state index contributed by atoms with van der Waals surface area (Å²) in [7, 11) is 4.28. The lowest BCUT2D eigenvalue weighted by Crippen LogP contribution is -2.48. The second-order valence-corrected chi connectivity index (χ2v) is 7.42. The summed E-state index contributed by atoms with van der Waals surface area (Å²) in [5.41, 5.74) is -0.289. The standard InChI is InChI=1S/C24H25F3N2O6/c1-5-34-22(30)19-17(13-35-15-9-6-8-14(12-15)24(25,26)27)29(2)23(31)28-20(19)16-10-7-11-18(32-3)21(16)33-4/h6-12,20H,5,13H2,1-4H3,(H,28,31)/t20-/m1/s1. The van der Waals surface area contributed by atoms with E-state index in [2.05, 4.69) is 5.32 Å². The Bertz CT molecular complexity index is 1130. The lowest BCUT2D eigenvalue weighted by Gasteiger charge is -2.35. The van der Waals surface area contributed by atoms with Gasteiger partial charge in [0.15, 0.2) is 11.5 Å². The van der Waals surface area contributed by atoms with Crippen molar-refractivity contribution in [2.75, 3.05) is 34.5 Å². The number of hydrogen-bond donors (Lipinski definition) is 1. The molecule has 2 aromatic carbocycles. The van der Waals surface area contributed by atoms with E-state index in [1.807, 2.05) is 0 Å². The third-order valence-electron chi connectivity index (χ3n) is 5.35. The van der Waals surface area contributed by atoms with Crippen molar-refractivity contribution >= 4 is 12.0 Å². The van der Waals surface area contributed by atoms with Crippen molar-refractivity contribution in [2.24, 2.45) is 0 Å². The van der Waals surface area contributed by atoms with Crippen molar-refractivity contribution in [3.05, 3.63) is 64.9 Å². The van der Waals surface area contributed by atoms with E-state index in [4.69, 9.17) is 18.9 Å². The molecule has 1 aliphatic heterocycles. The van der Waals surface area contributed by atoms with Crippen LogP contribution in [0.3, 0.4) is 0 Å². The Hall–Kier alpha value is -3.89. The van der Waals surface area contributed by atoms with Gasteiger partial charge in [-0.25, -0.2) is 9.59 Å². The van der Waals surface area contributed by atoms with Crippen LogP contribution in [-0.4, -0.2) is 51.4 Å². The van der Waals surface area contributed by atoms with Crippen LogP contribution in [0.1, 0.15) is 24.1 Å². The monoisotopic (exact) mass is 494 g/mol. The predicted molar refractivity (Wildman–Crippen MR) is 119 cm³/mol. The van der Waals surface area contributed by atoms with Gasteiger partial charge in [0.1, 0.15) is 12.4 Å². The molecule has 0 saturated heterocycles. The molecule has 0 aromatic heterocycles. The molecule has 3 rings (SSSR count). The fourth-order valence-corrected chi connectivity index (χ4v) is 3.67. The van der Waals surface area contributed by atoms with E-state index in [0.717, 1.165) is 17.0 Å². The van der Waals surface area contributed by atoms with Gasteiger partial charge in [0, 0.05) is 12.6 Å². The first-order valence-corrected chi connectivity index (χ1v) is 10.6. The van der Waals surface area contributed by atoms with Crippen molar-refractivity contribution < 1.29 is 41.7 Å². The fourth-order valence-electron chi connectivity index (χ4n) is 3.67. The fraction of sp³-hybridized carbons (Fsp3) is 0.333. The highest BCUT2D eigenvalue weighted by Gasteiger charge is 2.39. The molecule has 0 fully saturated rings. The Labute approximate surface area is 200 Å². The molecule has 1 heterocycles. The van der Waals surface area contributed by atoms with Gasteiger partial charge in [0.05, 0.1) is 43.7 Å². The number of nitrogens with zero attached hydrogens (tertiary/aromatic N) is 1. The number of esters is 1. The summed E-state index contributed by atoms with van der Waals surface area (Å²) in [5.74, 6) is -0.129. The van der Waals surface area contributed by atoms with Gasteiger partial charge in [0.2, 0.25) is 0 Å². The van der Waals surface area contributed by atoms with Crippen LogP contribution in [0.5, 0.6) is 17.2 Å². The highest BCUT2D eigenvalue weighted by Crippen LogP contribution is 2.40. The molecule has 11 heteroatoms. The van der Waals surface area contributed by atoms with Gasteiger partial charge in [0.25, 0.3) is 0 Å². The largest absolute Gasteiger partial charge is 0.493 e. The number of benzene rings is 2. The van der Waals surface area contributed by atoms with E-state index >= 15 is 0 Å². The zero-order valence-electron chi connectivity index (χ0n) is 19.6. The number of halogens is 3. The molecule has 0 bridgehead atoms. The normalized spacial score (nSPS) is 16.0. The summed E-state index contributed by atoms with van der Waals surface area (Å²) >= 11 is 0. The molecule has 2 aromatic rings. The van der Waals surface area contributed by atoms with E-state index in [1.54, 1.807) is 25.1 Å². The highest BCUT2D eigenvalue weighted by molar-refractivity contribution is 5.95. The number of hydrogen-bond acceptors (Lipinski definition) is 6. The summed E-state index contributed by atoms with van der Waals surface area (Å²) in [6, 6.07) is 7.75. The van der Waals surface area contributed by atoms with Crippen LogP contribution in [-0.2, 0) is 15.7 Å². The molecule has 0 saturated carbocycles. The van der Waals surface area contributed by atoms with Gasteiger partial charge in [-0.05, 0) is 31.2 Å². The number of carbonyl (C=O) groups is 2. The third kappa shape index (κ3) is 5.44. The smallest absolute Gasteiger partial charge is 0.416 e. The van der Waals surface area contributed by atoms with Crippen molar-refractivity contribution in [3.8, 4) is 17.2 Å². The molecule has 0 unspecified atom stereocenters. The quantitative estimate of drug-likeness (QED) is 0.551. The number of para-hydroxylation sites is 1. The Morgan fingerprint density at radius 2 is 1.83 bits per heavy atom. The molecular weight excluding hydrogens is 469 g/mol. The topological polar surface area (TPSA) is 86.3 Å².